The second kappa shape index (κ2) is 17.5. The van der Waals surface area contributed by atoms with Gasteiger partial charge in [0.1, 0.15) is 0 Å². The summed E-state index contributed by atoms with van der Waals surface area (Å²) >= 11 is 0. The van der Waals surface area contributed by atoms with Crippen LogP contribution in [0.15, 0.2) is 24.3 Å². The predicted molar refractivity (Wildman–Crippen MR) is 129 cm³/mol. The Morgan fingerprint density at radius 1 is 0.724 bits per heavy atom. The van der Waals surface area contributed by atoms with E-state index in [0.29, 0.717) is 11.5 Å². The number of carbonyl (C=O) groups is 1. The minimum atomic E-state index is 0.174. The number of benzene rings is 1. The van der Waals surface area contributed by atoms with Crippen molar-refractivity contribution in [3.05, 3.63) is 29.8 Å². The van der Waals surface area contributed by atoms with Gasteiger partial charge in [0.25, 0.3) is 0 Å². The molecule has 1 rings (SSSR count). The molecular formula is C27H47NO. The van der Waals surface area contributed by atoms with E-state index in [4.69, 9.17) is 5.73 Å². The highest BCUT2D eigenvalue weighted by Crippen LogP contribution is 2.24. The fourth-order valence-corrected chi connectivity index (χ4v) is 4.21. The number of Topliss-reactive ketones (excluding diaryl/α,β-unsaturated/α-hetero) is 1. The van der Waals surface area contributed by atoms with Crippen LogP contribution in [0.2, 0.25) is 0 Å². The maximum atomic E-state index is 13.1. The molecule has 166 valence electrons. The summed E-state index contributed by atoms with van der Waals surface area (Å²) in [6, 6.07) is 7.56. The molecule has 0 fully saturated rings. The van der Waals surface area contributed by atoms with Gasteiger partial charge in [-0.3, -0.25) is 4.79 Å². The second-order valence-corrected chi connectivity index (χ2v) is 8.86. The van der Waals surface area contributed by atoms with Crippen molar-refractivity contribution in [2.24, 2.45) is 5.92 Å². The third-order valence-electron chi connectivity index (χ3n) is 6.10. The zero-order chi connectivity index (χ0) is 21.2. The number of unbranched alkanes of at least 4 members (excludes halogenated alkanes) is 13. The molecule has 1 atom stereocenters. The average Bonchev–Trinajstić information content (AvgIpc) is 2.73. The van der Waals surface area contributed by atoms with Gasteiger partial charge in [-0.25, -0.2) is 0 Å². The van der Waals surface area contributed by atoms with E-state index in [0.717, 1.165) is 18.4 Å². The third-order valence-corrected chi connectivity index (χ3v) is 6.10. The first kappa shape index (κ1) is 25.7. The van der Waals surface area contributed by atoms with Crippen molar-refractivity contribution in [3.63, 3.8) is 0 Å². The number of nitrogen functional groups attached to an aromatic ring is 1. The molecule has 0 aliphatic heterocycles. The Morgan fingerprint density at radius 3 is 1.62 bits per heavy atom. The van der Waals surface area contributed by atoms with Crippen molar-refractivity contribution in [1.82, 2.24) is 0 Å². The maximum absolute atomic E-state index is 13.1. The second-order valence-electron chi connectivity index (χ2n) is 8.86. The summed E-state index contributed by atoms with van der Waals surface area (Å²) in [5, 5.41) is 0. The molecule has 2 N–H and O–H groups in total. The summed E-state index contributed by atoms with van der Waals surface area (Å²) in [5.41, 5.74) is 7.41. The van der Waals surface area contributed by atoms with E-state index in [1.54, 1.807) is 0 Å². The Morgan fingerprint density at radius 2 is 1.17 bits per heavy atom. The Kier molecular flexibility index (Phi) is 15.6. The summed E-state index contributed by atoms with van der Waals surface area (Å²) in [6.07, 6.45) is 21.8. The first-order valence-electron chi connectivity index (χ1n) is 12.6. The van der Waals surface area contributed by atoms with E-state index in [1.807, 2.05) is 24.3 Å². The smallest absolute Gasteiger partial charge is 0.166 e. The summed E-state index contributed by atoms with van der Waals surface area (Å²) in [5.74, 6) is 0.485. The molecule has 0 saturated heterocycles. The Bertz CT molecular complexity index is 525. The van der Waals surface area contributed by atoms with Crippen molar-refractivity contribution in [2.75, 3.05) is 5.73 Å². The van der Waals surface area contributed by atoms with Gasteiger partial charge < -0.3 is 5.73 Å². The Balaban J connectivity index is 2.39. The maximum Gasteiger partial charge on any atom is 0.166 e. The molecule has 0 spiro atoms. The number of rotatable bonds is 19. The number of anilines is 1. The summed E-state index contributed by atoms with van der Waals surface area (Å²) in [7, 11) is 0. The number of nitrogens with two attached hydrogens (primary N) is 1. The van der Waals surface area contributed by atoms with Crippen LogP contribution in [0.5, 0.6) is 0 Å². The van der Waals surface area contributed by atoms with Crippen molar-refractivity contribution >= 4 is 11.5 Å². The van der Waals surface area contributed by atoms with Crippen LogP contribution in [-0.2, 0) is 0 Å². The van der Waals surface area contributed by atoms with Gasteiger partial charge in [0.15, 0.2) is 5.78 Å². The molecule has 0 saturated carbocycles. The van der Waals surface area contributed by atoms with E-state index in [-0.39, 0.29) is 5.92 Å². The van der Waals surface area contributed by atoms with Crippen molar-refractivity contribution in [1.29, 1.82) is 0 Å². The van der Waals surface area contributed by atoms with Gasteiger partial charge in [-0.1, -0.05) is 122 Å². The highest BCUT2D eigenvalue weighted by molar-refractivity contribution is 5.98. The van der Waals surface area contributed by atoms with E-state index >= 15 is 0 Å². The number of hydrogen-bond acceptors (Lipinski definition) is 2. The third kappa shape index (κ3) is 12.8. The topological polar surface area (TPSA) is 43.1 Å². The van der Waals surface area contributed by atoms with Gasteiger partial charge >= 0.3 is 0 Å². The molecule has 2 nitrogen and oxygen atoms in total. The van der Waals surface area contributed by atoms with Crippen LogP contribution in [0.4, 0.5) is 5.69 Å². The van der Waals surface area contributed by atoms with Gasteiger partial charge in [-0.15, -0.1) is 0 Å². The highest BCUT2D eigenvalue weighted by atomic mass is 16.1. The molecule has 0 aliphatic rings. The molecule has 0 amide bonds. The van der Waals surface area contributed by atoms with Crippen LogP contribution in [0.3, 0.4) is 0 Å². The molecular weight excluding hydrogens is 354 g/mol. The quantitative estimate of drug-likeness (QED) is 0.143. The summed E-state index contributed by atoms with van der Waals surface area (Å²) < 4.78 is 0. The van der Waals surface area contributed by atoms with Crippen LogP contribution in [0.1, 0.15) is 133 Å². The Labute approximate surface area is 181 Å². The van der Waals surface area contributed by atoms with Crippen LogP contribution in [-0.4, -0.2) is 5.78 Å². The lowest BCUT2D eigenvalue weighted by atomic mass is 9.87. The molecule has 1 aromatic carbocycles. The van der Waals surface area contributed by atoms with Gasteiger partial charge in [-0.2, -0.15) is 0 Å². The number of ketones is 1. The molecule has 0 radical (unpaired) electrons. The molecule has 1 aromatic rings. The predicted octanol–water partition coefficient (Wildman–Crippen LogP) is 8.74. The van der Waals surface area contributed by atoms with Crippen molar-refractivity contribution < 1.29 is 4.79 Å². The van der Waals surface area contributed by atoms with Crippen LogP contribution < -0.4 is 5.73 Å². The monoisotopic (exact) mass is 401 g/mol. The minimum Gasteiger partial charge on any atom is -0.399 e. The molecule has 0 heterocycles. The van der Waals surface area contributed by atoms with Gasteiger partial charge in [0, 0.05) is 17.2 Å². The van der Waals surface area contributed by atoms with E-state index in [1.165, 1.54) is 96.3 Å². The van der Waals surface area contributed by atoms with Crippen molar-refractivity contribution in [3.8, 4) is 0 Å². The summed E-state index contributed by atoms with van der Waals surface area (Å²) in [6.45, 7) is 4.53. The molecule has 2 heteroatoms. The molecule has 0 aromatic heterocycles. The normalized spacial score (nSPS) is 12.2. The highest BCUT2D eigenvalue weighted by Gasteiger charge is 2.19. The molecule has 1 unspecified atom stereocenters. The van der Waals surface area contributed by atoms with Crippen LogP contribution in [0, 0.1) is 5.92 Å². The fourth-order valence-electron chi connectivity index (χ4n) is 4.21. The largest absolute Gasteiger partial charge is 0.399 e. The first-order chi connectivity index (χ1) is 14.2. The van der Waals surface area contributed by atoms with Crippen molar-refractivity contribution in [2.45, 2.75) is 123 Å². The van der Waals surface area contributed by atoms with Gasteiger partial charge in [0.05, 0.1) is 0 Å². The summed E-state index contributed by atoms with van der Waals surface area (Å²) in [4.78, 5) is 13.1. The van der Waals surface area contributed by atoms with Gasteiger partial charge in [0.2, 0.25) is 0 Å². The van der Waals surface area contributed by atoms with E-state index < -0.39 is 0 Å². The SMILES string of the molecule is CCCCCCCCCCC(CCCCCCCCC)C(=O)c1cccc(N)c1. The lowest BCUT2D eigenvalue weighted by Crippen LogP contribution is -2.15. The lowest BCUT2D eigenvalue weighted by molar-refractivity contribution is 0.0901. The average molecular weight is 402 g/mol. The molecule has 0 aliphatic carbocycles. The lowest BCUT2D eigenvalue weighted by Gasteiger charge is -2.16. The van der Waals surface area contributed by atoms with E-state index in [9.17, 15) is 4.79 Å². The zero-order valence-electron chi connectivity index (χ0n) is 19.4. The van der Waals surface area contributed by atoms with Crippen LogP contribution >= 0.6 is 0 Å². The Hall–Kier alpha value is -1.31. The molecule has 29 heavy (non-hydrogen) atoms. The zero-order valence-corrected chi connectivity index (χ0v) is 19.4. The minimum absolute atomic E-state index is 0.174. The number of hydrogen-bond donors (Lipinski definition) is 1. The first-order valence-corrected chi connectivity index (χ1v) is 12.6. The molecule has 0 bridgehead atoms. The fraction of sp³-hybridized carbons (Fsp3) is 0.741. The number of carbonyl (C=O) groups excluding carboxylic acids is 1. The van der Waals surface area contributed by atoms with E-state index in [2.05, 4.69) is 13.8 Å². The van der Waals surface area contributed by atoms with Gasteiger partial charge in [-0.05, 0) is 25.0 Å². The standard InChI is InChI=1S/C27H47NO/c1-3-5-7-9-11-13-15-17-20-24(19-16-14-12-10-8-6-4-2)27(29)25-21-18-22-26(28)23-25/h18,21-24H,3-17,19-20,28H2,1-2H3. The van der Waals surface area contributed by atoms with Crippen LogP contribution in [0.25, 0.3) is 0 Å².